The van der Waals surface area contributed by atoms with E-state index in [1.165, 1.54) is 44.9 Å². The fourth-order valence-corrected chi connectivity index (χ4v) is 2.76. The number of carbonyl (C=O) groups is 1. The van der Waals surface area contributed by atoms with Crippen LogP contribution in [0.1, 0.15) is 89.5 Å². The van der Waals surface area contributed by atoms with E-state index >= 15 is 0 Å². The van der Waals surface area contributed by atoms with Crippen LogP contribution in [0.3, 0.4) is 0 Å². The van der Waals surface area contributed by atoms with Gasteiger partial charge in [-0.2, -0.15) is 0 Å². The number of aromatic nitrogens is 1. The summed E-state index contributed by atoms with van der Waals surface area (Å²) < 4.78 is 5.24. The largest absolute Gasteiger partial charge is 0.461 e. The van der Waals surface area contributed by atoms with Gasteiger partial charge in [0.25, 0.3) is 0 Å². The first-order valence-electron chi connectivity index (χ1n) is 10.7. The smallest absolute Gasteiger partial charge is 0.306 e. The highest BCUT2D eigenvalue weighted by Crippen LogP contribution is 2.07. The lowest BCUT2D eigenvalue weighted by Crippen LogP contribution is -2.04. The van der Waals surface area contributed by atoms with Crippen molar-refractivity contribution in [2.75, 3.05) is 0 Å². The number of unbranched alkanes of at least 4 members (excludes halogenated alkanes) is 8. The third-order valence-corrected chi connectivity index (χ3v) is 4.42. The van der Waals surface area contributed by atoms with Crippen LogP contribution in [0.4, 0.5) is 0 Å². The first-order chi connectivity index (χ1) is 13.3. The Hall–Kier alpha value is -1.90. The van der Waals surface area contributed by atoms with Crippen LogP contribution in [0.15, 0.2) is 48.8 Å². The van der Waals surface area contributed by atoms with Gasteiger partial charge in [0, 0.05) is 24.4 Å². The van der Waals surface area contributed by atoms with Crippen molar-refractivity contribution < 1.29 is 9.53 Å². The number of esters is 1. The van der Waals surface area contributed by atoms with E-state index < -0.39 is 0 Å². The lowest BCUT2D eigenvalue weighted by Gasteiger charge is -2.04. The first kappa shape index (κ1) is 23.1. The molecule has 1 heterocycles. The predicted molar refractivity (Wildman–Crippen MR) is 113 cm³/mol. The van der Waals surface area contributed by atoms with Crippen molar-refractivity contribution in [2.24, 2.45) is 0 Å². The van der Waals surface area contributed by atoms with Crippen LogP contribution in [0.5, 0.6) is 0 Å². The summed E-state index contributed by atoms with van der Waals surface area (Å²) in [4.78, 5) is 15.7. The zero-order valence-corrected chi connectivity index (χ0v) is 17.1. The van der Waals surface area contributed by atoms with E-state index in [9.17, 15) is 4.79 Å². The van der Waals surface area contributed by atoms with Crippen molar-refractivity contribution in [3.05, 3.63) is 54.4 Å². The maximum atomic E-state index is 11.7. The van der Waals surface area contributed by atoms with Crippen molar-refractivity contribution >= 4 is 5.97 Å². The van der Waals surface area contributed by atoms with Gasteiger partial charge in [-0.3, -0.25) is 9.78 Å². The third-order valence-electron chi connectivity index (χ3n) is 4.42. The van der Waals surface area contributed by atoms with Gasteiger partial charge in [-0.05, 0) is 57.4 Å². The van der Waals surface area contributed by atoms with E-state index in [0.29, 0.717) is 13.0 Å². The molecule has 0 fully saturated rings. The van der Waals surface area contributed by atoms with E-state index in [0.717, 1.165) is 31.2 Å². The second kappa shape index (κ2) is 17.5. The fourth-order valence-electron chi connectivity index (χ4n) is 2.76. The van der Waals surface area contributed by atoms with Gasteiger partial charge in [0.1, 0.15) is 6.61 Å². The average molecular weight is 372 g/mol. The zero-order valence-electron chi connectivity index (χ0n) is 17.1. The molecule has 1 aromatic rings. The minimum absolute atomic E-state index is 0.121. The minimum atomic E-state index is -0.121. The number of carbonyl (C=O) groups excluding carboxylic acids is 1. The Morgan fingerprint density at radius 1 is 0.926 bits per heavy atom. The molecule has 27 heavy (non-hydrogen) atoms. The zero-order chi connectivity index (χ0) is 19.4. The topological polar surface area (TPSA) is 39.2 Å². The van der Waals surface area contributed by atoms with Crippen molar-refractivity contribution in [2.45, 2.75) is 90.6 Å². The molecule has 1 aromatic heterocycles. The number of allylic oxidation sites excluding steroid dienone is 4. The number of nitrogens with zero attached hydrogens (tertiary/aromatic N) is 1. The molecule has 0 atom stereocenters. The van der Waals surface area contributed by atoms with Crippen LogP contribution in [0, 0.1) is 0 Å². The average Bonchev–Trinajstić information content (AvgIpc) is 2.70. The number of hydrogen-bond donors (Lipinski definition) is 0. The highest BCUT2D eigenvalue weighted by atomic mass is 16.5. The van der Waals surface area contributed by atoms with Gasteiger partial charge >= 0.3 is 5.97 Å². The Kier molecular flexibility index (Phi) is 15.0. The van der Waals surface area contributed by atoms with E-state index in [1.807, 2.05) is 12.1 Å². The highest BCUT2D eigenvalue weighted by molar-refractivity contribution is 5.69. The summed E-state index contributed by atoms with van der Waals surface area (Å²) in [5.41, 5.74) is 0.931. The lowest BCUT2D eigenvalue weighted by atomic mass is 10.1. The molecule has 3 nitrogen and oxygen atoms in total. The summed E-state index contributed by atoms with van der Waals surface area (Å²) in [5, 5.41) is 0. The van der Waals surface area contributed by atoms with Gasteiger partial charge in [-0.15, -0.1) is 0 Å². The van der Waals surface area contributed by atoms with Gasteiger partial charge in [-0.1, -0.05) is 56.6 Å². The van der Waals surface area contributed by atoms with Crippen LogP contribution in [-0.2, 0) is 16.1 Å². The molecule has 0 saturated heterocycles. The van der Waals surface area contributed by atoms with E-state index in [1.54, 1.807) is 12.4 Å². The van der Waals surface area contributed by atoms with Crippen LogP contribution >= 0.6 is 0 Å². The maximum Gasteiger partial charge on any atom is 0.306 e. The Bertz CT molecular complexity index is 522. The molecule has 1 rings (SSSR count). The molecule has 0 radical (unpaired) electrons. The van der Waals surface area contributed by atoms with E-state index in [-0.39, 0.29) is 5.97 Å². The van der Waals surface area contributed by atoms with Gasteiger partial charge in [-0.25, -0.2) is 0 Å². The summed E-state index contributed by atoms with van der Waals surface area (Å²) in [6, 6.07) is 3.76. The standard InChI is InChI=1S/C24H37NO2/c1-2-3-4-5-6-7-8-9-10-11-12-13-14-15-16-19-24(26)27-22-23-18-17-20-25-21-23/h7-8,12-13,17-18,20-21H,2-6,9-11,14-16,19,22H2,1H3/b8-7-,13-12-. The normalized spacial score (nSPS) is 11.4. The summed E-state index contributed by atoms with van der Waals surface area (Å²) in [7, 11) is 0. The quantitative estimate of drug-likeness (QED) is 0.179. The van der Waals surface area contributed by atoms with E-state index in [2.05, 4.69) is 36.2 Å². The molecule has 0 bridgehead atoms. The Morgan fingerprint density at radius 3 is 2.22 bits per heavy atom. The summed E-state index contributed by atoms with van der Waals surface area (Å²) in [6.45, 7) is 2.57. The van der Waals surface area contributed by atoms with Crippen molar-refractivity contribution in [3.63, 3.8) is 0 Å². The first-order valence-corrected chi connectivity index (χ1v) is 10.7. The number of pyridine rings is 1. The molecule has 0 amide bonds. The molecule has 150 valence electrons. The van der Waals surface area contributed by atoms with Crippen molar-refractivity contribution in [1.29, 1.82) is 0 Å². The predicted octanol–water partition coefficient (Wildman–Crippen LogP) is 6.94. The molecule has 0 aliphatic heterocycles. The molecule has 0 aliphatic rings. The fraction of sp³-hybridized carbons (Fsp3) is 0.583. The van der Waals surface area contributed by atoms with Gasteiger partial charge in [0.2, 0.25) is 0 Å². The van der Waals surface area contributed by atoms with Gasteiger partial charge < -0.3 is 4.74 Å². The summed E-state index contributed by atoms with van der Waals surface area (Å²) in [6.07, 6.45) is 26.3. The molecular formula is C24H37NO2. The Balaban J connectivity index is 1.87. The van der Waals surface area contributed by atoms with Gasteiger partial charge in [0.15, 0.2) is 0 Å². The summed E-state index contributed by atoms with van der Waals surface area (Å²) in [5.74, 6) is -0.121. The van der Waals surface area contributed by atoms with Crippen LogP contribution < -0.4 is 0 Å². The van der Waals surface area contributed by atoms with Crippen molar-refractivity contribution in [1.82, 2.24) is 4.98 Å². The molecule has 0 aromatic carbocycles. The third kappa shape index (κ3) is 14.9. The van der Waals surface area contributed by atoms with E-state index in [4.69, 9.17) is 4.74 Å². The second-order valence-corrected chi connectivity index (χ2v) is 6.99. The highest BCUT2D eigenvalue weighted by Gasteiger charge is 2.02. The van der Waals surface area contributed by atoms with Crippen LogP contribution in [0.2, 0.25) is 0 Å². The van der Waals surface area contributed by atoms with Crippen LogP contribution in [-0.4, -0.2) is 11.0 Å². The molecule has 0 spiro atoms. The maximum absolute atomic E-state index is 11.7. The minimum Gasteiger partial charge on any atom is -0.461 e. The monoisotopic (exact) mass is 371 g/mol. The molecule has 0 unspecified atom stereocenters. The summed E-state index contributed by atoms with van der Waals surface area (Å²) >= 11 is 0. The number of ether oxygens (including phenoxy) is 1. The van der Waals surface area contributed by atoms with Crippen LogP contribution in [0.25, 0.3) is 0 Å². The molecule has 0 aliphatic carbocycles. The molecular weight excluding hydrogens is 334 g/mol. The molecule has 3 heteroatoms. The SMILES string of the molecule is CCCCCC/C=C\CCC/C=C\CCCCC(=O)OCc1cccnc1. The number of rotatable bonds is 16. The lowest BCUT2D eigenvalue weighted by molar-refractivity contribution is -0.145. The van der Waals surface area contributed by atoms with Gasteiger partial charge in [0.05, 0.1) is 0 Å². The molecule has 0 saturated carbocycles. The van der Waals surface area contributed by atoms with Crippen molar-refractivity contribution in [3.8, 4) is 0 Å². The number of hydrogen-bond acceptors (Lipinski definition) is 3. The Labute approximate surface area is 165 Å². The Morgan fingerprint density at radius 2 is 1.59 bits per heavy atom. The molecule has 0 N–H and O–H groups in total. The second-order valence-electron chi connectivity index (χ2n) is 6.99.